The number of carbonyl (C=O) groups excluding carboxylic acids is 2. The van der Waals surface area contributed by atoms with Crippen LogP contribution in [-0.2, 0) is 6.54 Å². The van der Waals surface area contributed by atoms with Crippen molar-refractivity contribution in [1.29, 1.82) is 0 Å². The Morgan fingerprint density at radius 3 is 2.17 bits per heavy atom. The predicted molar refractivity (Wildman–Crippen MR) is 230 cm³/mol. The summed E-state index contributed by atoms with van der Waals surface area (Å²) in [6.07, 6.45) is 18.1. The van der Waals surface area contributed by atoms with Crippen LogP contribution in [0.25, 0.3) is 10.8 Å². The molecule has 0 saturated carbocycles. The van der Waals surface area contributed by atoms with Crippen LogP contribution in [0.4, 0.5) is 16.2 Å². The Labute approximate surface area is 344 Å². The standard InChI is InChI=1S/C45H55N5O7S/c1-4-5-6-7-8-9-10-11-12-13-14-19-28-56-40-23-18-17-22-38(40)48-43(52)37-30-41(35-20-15-16-21-36(35)42(37)51)57-39-25-24-34(50(54)55)29-33(39)31-49(32(2)3)45(53)58-44-46-26-27-47-44/h15-18,20-27,29-30,32,51H,4-14,19,28,31H2,1-3H3,(H,46,47)(H,48,52). The van der Waals surface area contributed by atoms with Gasteiger partial charge >= 0.3 is 0 Å². The minimum atomic E-state index is -0.579. The fraction of sp³-hybridized carbons (Fsp3) is 0.400. The second-order valence-corrected chi connectivity index (χ2v) is 15.6. The van der Waals surface area contributed by atoms with Crippen molar-refractivity contribution in [3.63, 3.8) is 0 Å². The van der Waals surface area contributed by atoms with Crippen molar-refractivity contribution in [2.45, 2.75) is 116 Å². The summed E-state index contributed by atoms with van der Waals surface area (Å²) in [4.78, 5) is 47.3. The third-order valence-corrected chi connectivity index (χ3v) is 10.8. The molecule has 0 fully saturated rings. The quantitative estimate of drug-likeness (QED) is 0.0252. The number of aromatic amines is 1. The lowest BCUT2D eigenvalue weighted by molar-refractivity contribution is -0.384. The van der Waals surface area contributed by atoms with Gasteiger partial charge in [0, 0.05) is 58.7 Å². The van der Waals surface area contributed by atoms with Gasteiger partial charge in [-0.3, -0.25) is 19.7 Å². The van der Waals surface area contributed by atoms with Crippen molar-refractivity contribution in [2.24, 2.45) is 0 Å². The number of imidazole rings is 1. The molecule has 0 aliphatic heterocycles. The minimum Gasteiger partial charge on any atom is -0.506 e. The number of phenols is 1. The van der Waals surface area contributed by atoms with Crippen LogP contribution < -0.4 is 14.8 Å². The van der Waals surface area contributed by atoms with E-state index >= 15 is 0 Å². The summed E-state index contributed by atoms with van der Waals surface area (Å²) in [5.74, 6) is 0.194. The number of carbonyl (C=O) groups is 2. The van der Waals surface area contributed by atoms with Crippen LogP contribution in [0.15, 0.2) is 90.3 Å². The molecular formula is C45H55N5O7S. The summed E-state index contributed by atoms with van der Waals surface area (Å²) >= 11 is 0.913. The van der Waals surface area contributed by atoms with Gasteiger partial charge in [0.25, 0.3) is 16.8 Å². The number of nitrogens with zero attached hydrogens (tertiary/aromatic N) is 3. The number of non-ortho nitro benzene ring substituents is 1. The van der Waals surface area contributed by atoms with Gasteiger partial charge in [0.15, 0.2) is 5.16 Å². The molecule has 0 saturated heterocycles. The fourth-order valence-electron chi connectivity index (χ4n) is 6.71. The highest BCUT2D eigenvalue weighted by Gasteiger charge is 2.25. The second kappa shape index (κ2) is 22.4. The smallest absolute Gasteiger partial charge is 0.289 e. The molecule has 0 atom stereocenters. The minimum absolute atomic E-state index is 0.0133. The van der Waals surface area contributed by atoms with Crippen molar-refractivity contribution >= 4 is 45.1 Å². The number of benzene rings is 4. The molecule has 4 aromatic carbocycles. The van der Waals surface area contributed by atoms with E-state index in [1.807, 2.05) is 19.9 Å². The molecule has 58 heavy (non-hydrogen) atoms. The van der Waals surface area contributed by atoms with Crippen LogP contribution >= 0.6 is 11.8 Å². The Balaban J connectivity index is 1.28. The van der Waals surface area contributed by atoms with Gasteiger partial charge in [-0.25, -0.2) is 4.98 Å². The number of rotatable bonds is 23. The summed E-state index contributed by atoms with van der Waals surface area (Å²) in [5, 5.41) is 27.2. The lowest BCUT2D eigenvalue weighted by Crippen LogP contribution is -2.33. The van der Waals surface area contributed by atoms with E-state index in [1.54, 1.807) is 59.8 Å². The Morgan fingerprint density at radius 2 is 1.52 bits per heavy atom. The predicted octanol–water partition coefficient (Wildman–Crippen LogP) is 12.4. The Hall–Kier alpha value is -5.56. The molecule has 5 rings (SSSR count). The molecule has 5 aromatic rings. The molecule has 0 radical (unpaired) electrons. The number of aromatic hydroxyl groups is 1. The molecule has 0 spiro atoms. The lowest BCUT2D eigenvalue weighted by atomic mass is 10.0. The van der Waals surface area contributed by atoms with Crippen LogP contribution in [0, 0.1) is 10.1 Å². The third kappa shape index (κ3) is 12.5. The average Bonchev–Trinajstić information content (AvgIpc) is 3.73. The normalized spacial score (nSPS) is 11.2. The molecule has 0 bridgehead atoms. The summed E-state index contributed by atoms with van der Waals surface area (Å²) in [6.45, 7) is 6.44. The Morgan fingerprint density at radius 1 is 0.862 bits per heavy atom. The maximum Gasteiger partial charge on any atom is 0.289 e. The monoisotopic (exact) mass is 809 g/mol. The largest absolute Gasteiger partial charge is 0.506 e. The number of aromatic nitrogens is 2. The van der Waals surface area contributed by atoms with Crippen molar-refractivity contribution in [2.75, 3.05) is 11.9 Å². The lowest BCUT2D eigenvalue weighted by Gasteiger charge is -2.27. The van der Waals surface area contributed by atoms with Gasteiger partial charge in [-0.2, -0.15) is 0 Å². The highest BCUT2D eigenvalue weighted by Crippen LogP contribution is 2.40. The average molecular weight is 810 g/mol. The molecule has 2 amide bonds. The van der Waals surface area contributed by atoms with Gasteiger partial charge < -0.3 is 29.8 Å². The molecular weight excluding hydrogens is 755 g/mol. The zero-order valence-electron chi connectivity index (χ0n) is 33.7. The molecule has 12 nitrogen and oxygen atoms in total. The number of para-hydroxylation sites is 2. The van der Waals surface area contributed by atoms with Gasteiger partial charge in [0.1, 0.15) is 23.0 Å². The van der Waals surface area contributed by atoms with Crippen molar-refractivity contribution in [1.82, 2.24) is 14.9 Å². The van der Waals surface area contributed by atoms with Gasteiger partial charge in [-0.05, 0) is 44.5 Å². The van der Waals surface area contributed by atoms with E-state index < -0.39 is 10.8 Å². The van der Waals surface area contributed by atoms with Crippen LogP contribution in [0.2, 0.25) is 0 Å². The third-order valence-electron chi connectivity index (χ3n) is 9.94. The number of anilines is 1. The van der Waals surface area contributed by atoms with Crippen LogP contribution in [-0.4, -0.2) is 48.7 Å². The number of ether oxygens (including phenoxy) is 2. The van der Waals surface area contributed by atoms with Gasteiger partial charge in [-0.15, -0.1) is 0 Å². The number of phenolic OH excluding ortho intramolecular Hbond substituents is 1. The molecule has 3 N–H and O–H groups in total. The van der Waals surface area contributed by atoms with E-state index in [9.17, 15) is 24.8 Å². The molecule has 1 heterocycles. The van der Waals surface area contributed by atoms with Crippen LogP contribution in [0.5, 0.6) is 23.0 Å². The van der Waals surface area contributed by atoms with E-state index in [0.717, 1.165) is 24.6 Å². The summed E-state index contributed by atoms with van der Waals surface area (Å²) < 4.78 is 12.6. The van der Waals surface area contributed by atoms with Crippen LogP contribution in [0.3, 0.4) is 0 Å². The number of unbranched alkanes of at least 4 members (excludes halogenated alkanes) is 11. The number of nitro groups is 1. The molecule has 0 aliphatic carbocycles. The number of fused-ring (bicyclic) bond motifs is 1. The number of amides is 2. The molecule has 308 valence electrons. The van der Waals surface area contributed by atoms with E-state index in [4.69, 9.17) is 9.47 Å². The highest BCUT2D eigenvalue weighted by molar-refractivity contribution is 8.13. The van der Waals surface area contributed by atoms with Gasteiger partial charge in [0.2, 0.25) is 0 Å². The van der Waals surface area contributed by atoms with Crippen molar-refractivity contribution in [3.05, 3.63) is 106 Å². The van der Waals surface area contributed by atoms with E-state index in [1.165, 1.54) is 88.5 Å². The highest BCUT2D eigenvalue weighted by atomic mass is 32.2. The van der Waals surface area contributed by atoms with Gasteiger partial charge in [-0.1, -0.05) is 114 Å². The number of hydrogen-bond acceptors (Lipinski definition) is 9. The molecule has 1 aromatic heterocycles. The summed E-state index contributed by atoms with van der Waals surface area (Å²) in [7, 11) is 0. The molecule has 13 heteroatoms. The fourth-order valence-corrected chi connectivity index (χ4v) is 7.50. The first kappa shape index (κ1) is 43.6. The number of nitro benzene ring substituents is 1. The number of hydrogen-bond donors (Lipinski definition) is 3. The molecule has 0 aliphatic rings. The summed E-state index contributed by atoms with van der Waals surface area (Å²) in [6, 6.07) is 19.5. The van der Waals surface area contributed by atoms with Crippen molar-refractivity contribution < 1.29 is 29.1 Å². The van der Waals surface area contributed by atoms with Gasteiger partial charge in [0.05, 0.1) is 29.3 Å². The van der Waals surface area contributed by atoms with E-state index in [2.05, 4.69) is 22.2 Å². The second-order valence-electron chi connectivity index (χ2n) is 14.6. The first-order valence-electron chi connectivity index (χ1n) is 20.4. The maximum absolute atomic E-state index is 13.9. The zero-order valence-corrected chi connectivity index (χ0v) is 34.5. The number of nitrogens with one attached hydrogen (secondary N) is 2. The SMILES string of the molecule is CCCCCCCCCCCCCCOc1ccccc1NC(=O)c1cc(Oc2ccc([N+](=O)[O-])cc2CN(C(=O)Sc2ncc[nH]2)C(C)C)c2ccccc2c1O. The number of thioether (sulfide) groups is 1. The number of H-pyrrole nitrogens is 1. The maximum atomic E-state index is 13.9. The first-order chi connectivity index (χ1) is 28.2. The first-order valence-corrected chi connectivity index (χ1v) is 21.2. The van der Waals surface area contributed by atoms with Crippen LogP contribution in [0.1, 0.15) is 114 Å². The van der Waals surface area contributed by atoms with E-state index in [0.29, 0.717) is 39.5 Å². The zero-order chi connectivity index (χ0) is 41.3. The topological polar surface area (TPSA) is 160 Å². The van der Waals surface area contributed by atoms with E-state index in [-0.39, 0.29) is 46.3 Å². The Bertz CT molecular complexity index is 2110. The molecule has 0 unspecified atom stereocenters. The Kier molecular flexibility index (Phi) is 16.8. The summed E-state index contributed by atoms with van der Waals surface area (Å²) in [5.41, 5.74) is 0.623. The van der Waals surface area contributed by atoms with Crippen molar-refractivity contribution in [3.8, 4) is 23.0 Å².